The van der Waals surface area contributed by atoms with E-state index in [1.54, 1.807) is 25.1 Å². The fraction of sp³-hybridized carbons (Fsp3) is 0.560. The molecule has 0 aliphatic heterocycles. The smallest absolute Gasteiger partial charge is 0.230 e. The van der Waals surface area contributed by atoms with Crippen LogP contribution in [0.2, 0.25) is 0 Å². The van der Waals surface area contributed by atoms with Gasteiger partial charge in [-0.15, -0.1) is 0 Å². The van der Waals surface area contributed by atoms with Crippen LogP contribution < -0.4 is 11.1 Å². The van der Waals surface area contributed by atoms with Crippen LogP contribution in [0.4, 0.5) is 0 Å². The second kappa shape index (κ2) is 8.70. The molecule has 3 aliphatic rings. The Morgan fingerprint density at radius 2 is 1.91 bits per heavy atom. The van der Waals surface area contributed by atoms with Gasteiger partial charge >= 0.3 is 0 Å². The van der Waals surface area contributed by atoms with Crippen molar-refractivity contribution in [2.24, 2.45) is 23.5 Å². The summed E-state index contributed by atoms with van der Waals surface area (Å²) < 4.78 is 0. The molecule has 2 saturated carbocycles. The zero-order valence-electron chi connectivity index (χ0n) is 20.3. The Bertz CT molecular complexity index is 1130. The van der Waals surface area contributed by atoms with E-state index in [2.05, 4.69) is 5.32 Å². The molecule has 2 fully saturated rings. The average Bonchev–Trinajstić information content (AvgIpc) is 2.75. The van der Waals surface area contributed by atoms with Gasteiger partial charge in [0.2, 0.25) is 11.7 Å². The Hall–Kier alpha value is -2.79. The van der Waals surface area contributed by atoms with Gasteiger partial charge in [-0.05, 0) is 50.0 Å². The Kier molecular flexibility index (Phi) is 6.29. The molecule has 0 aromatic heterocycles. The van der Waals surface area contributed by atoms with E-state index in [1.807, 2.05) is 13.8 Å². The third-order valence-electron chi connectivity index (χ3n) is 7.77. The number of fused-ring (bicyclic) bond motifs is 3. The molecule has 0 bridgehead atoms. The van der Waals surface area contributed by atoms with Gasteiger partial charge in [0.1, 0.15) is 17.4 Å². The zero-order chi connectivity index (χ0) is 26.0. The number of nitrogens with zero attached hydrogens (tertiary/aromatic N) is 1. The van der Waals surface area contributed by atoms with Gasteiger partial charge in [-0.3, -0.25) is 14.4 Å². The Balaban J connectivity index is 1.88. The van der Waals surface area contributed by atoms with Crippen LogP contribution in [0.5, 0.6) is 5.75 Å². The van der Waals surface area contributed by atoms with Gasteiger partial charge in [0.05, 0.1) is 11.7 Å². The lowest BCUT2D eigenvalue weighted by Crippen LogP contribution is -2.73. The molecule has 4 rings (SSSR count). The van der Waals surface area contributed by atoms with Gasteiger partial charge in [0.15, 0.2) is 11.4 Å². The van der Waals surface area contributed by atoms with Crippen molar-refractivity contribution in [2.45, 2.75) is 57.0 Å². The van der Waals surface area contributed by atoms with E-state index in [0.717, 1.165) is 5.56 Å². The lowest BCUT2D eigenvalue weighted by molar-refractivity contribution is -0.184. The summed E-state index contributed by atoms with van der Waals surface area (Å²) in [6, 6.07) is 2.49. The van der Waals surface area contributed by atoms with E-state index >= 15 is 0 Å². The highest BCUT2D eigenvalue weighted by atomic mass is 16.3. The molecule has 0 heterocycles. The first-order valence-corrected chi connectivity index (χ1v) is 11.8. The molecule has 6 atom stereocenters. The molecule has 190 valence electrons. The van der Waals surface area contributed by atoms with Crippen molar-refractivity contribution in [3.63, 3.8) is 0 Å². The molecule has 7 N–H and O–H groups in total. The number of amides is 1. The molecule has 0 spiro atoms. The number of aliphatic hydroxyl groups excluding tert-OH is 2. The van der Waals surface area contributed by atoms with Crippen molar-refractivity contribution in [3.8, 4) is 5.75 Å². The highest BCUT2D eigenvalue weighted by Crippen LogP contribution is 2.52. The zero-order valence-corrected chi connectivity index (χ0v) is 20.3. The number of hydrogen-bond donors (Lipinski definition) is 6. The van der Waals surface area contributed by atoms with E-state index in [9.17, 15) is 34.8 Å². The van der Waals surface area contributed by atoms with Crippen molar-refractivity contribution in [1.29, 1.82) is 0 Å². The largest absolute Gasteiger partial charge is 0.507 e. The molecule has 35 heavy (non-hydrogen) atoms. The van der Waals surface area contributed by atoms with Gasteiger partial charge in [-0.1, -0.05) is 19.9 Å². The van der Waals surface area contributed by atoms with Crippen LogP contribution in [0.15, 0.2) is 17.7 Å². The molecule has 1 aromatic rings. The third-order valence-corrected chi connectivity index (χ3v) is 7.77. The van der Waals surface area contributed by atoms with Gasteiger partial charge < -0.3 is 36.4 Å². The van der Waals surface area contributed by atoms with Gasteiger partial charge in [-0.25, -0.2) is 0 Å². The van der Waals surface area contributed by atoms with E-state index in [4.69, 9.17) is 5.73 Å². The third kappa shape index (κ3) is 3.67. The second-order valence-corrected chi connectivity index (χ2v) is 10.4. The van der Waals surface area contributed by atoms with Crippen molar-refractivity contribution in [2.75, 3.05) is 14.1 Å². The van der Waals surface area contributed by atoms with Crippen LogP contribution in [0.25, 0.3) is 5.76 Å². The summed E-state index contributed by atoms with van der Waals surface area (Å²) in [7, 11) is 3.25. The maximum Gasteiger partial charge on any atom is 0.230 e. The molecule has 1 aromatic carbocycles. The average molecular weight is 488 g/mol. The Morgan fingerprint density at radius 1 is 1.26 bits per heavy atom. The minimum absolute atomic E-state index is 0.102. The lowest BCUT2D eigenvalue weighted by Gasteiger charge is -2.53. The number of hydrogen-bond acceptors (Lipinski definition) is 9. The first-order valence-electron chi connectivity index (χ1n) is 11.8. The maximum atomic E-state index is 13.8. The SMILES string of the molecule is CC(C)NCc1ccc(O)c2c1C[C@@H]1C[C@@H]3C(N(C)C)C(O)C(C(N)=O)C(=O)[C@]3(O)C(=O)C1=C2O. The number of nitrogens with one attached hydrogen (secondary N) is 1. The van der Waals surface area contributed by atoms with E-state index in [0.29, 0.717) is 18.5 Å². The number of primary amides is 1. The summed E-state index contributed by atoms with van der Waals surface area (Å²) in [6.45, 7) is 4.47. The molecule has 0 saturated heterocycles. The maximum absolute atomic E-state index is 13.8. The number of carbonyl (C=O) groups is 3. The fourth-order valence-corrected chi connectivity index (χ4v) is 6.15. The Morgan fingerprint density at radius 3 is 2.49 bits per heavy atom. The van der Waals surface area contributed by atoms with Crippen molar-refractivity contribution >= 4 is 23.2 Å². The number of ketones is 2. The number of likely N-dealkylation sites (N-methyl/N-ethyl adjacent to an activating group) is 1. The normalized spacial score (nSPS) is 32.5. The summed E-state index contributed by atoms with van der Waals surface area (Å²) in [5.74, 6) is -7.36. The standard InChI is InChI=1S/C25H33N3O7/c1-10(2)27-9-11-5-6-15(29)17-13(11)7-12-8-14-19(28(3)4)21(31)18(24(26)34)23(33)25(14,35)22(32)16(12)20(17)30/h5-6,10,12,14,18-19,21,27,29-31,35H,7-9H2,1-4H3,(H2,26,34)/t12-,14-,18?,19?,21?,25-/m1/s1. The molecule has 10 nitrogen and oxygen atoms in total. The molecule has 3 aliphatic carbocycles. The van der Waals surface area contributed by atoms with Crippen LogP contribution in [0, 0.1) is 17.8 Å². The Labute approximate surface area is 203 Å². The number of aromatic hydroxyl groups is 1. The van der Waals surface area contributed by atoms with Crippen molar-refractivity contribution in [1.82, 2.24) is 10.2 Å². The van der Waals surface area contributed by atoms with E-state index < -0.39 is 58.7 Å². The lowest BCUT2D eigenvalue weighted by atomic mass is 9.54. The fourth-order valence-electron chi connectivity index (χ4n) is 6.15. The predicted molar refractivity (Wildman–Crippen MR) is 126 cm³/mol. The van der Waals surface area contributed by atoms with Gasteiger partial charge in [0.25, 0.3) is 0 Å². The van der Waals surface area contributed by atoms with E-state index in [1.165, 1.54) is 6.07 Å². The molecule has 3 unspecified atom stereocenters. The molecular weight excluding hydrogens is 454 g/mol. The van der Waals surface area contributed by atoms with Crippen LogP contribution >= 0.6 is 0 Å². The van der Waals surface area contributed by atoms with Crippen molar-refractivity contribution < 1.29 is 34.8 Å². The van der Waals surface area contributed by atoms with Crippen LogP contribution in [0.1, 0.15) is 37.0 Å². The minimum Gasteiger partial charge on any atom is -0.507 e. The van der Waals surface area contributed by atoms with Crippen LogP contribution in [-0.4, -0.2) is 80.7 Å². The first-order chi connectivity index (χ1) is 16.3. The number of aliphatic hydroxyl groups is 3. The van der Waals surface area contributed by atoms with Gasteiger partial charge in [0, 0.05) is 30.1 Å². The summed E-state index contributed by atoms with van der Waals surface area (Å²) in [4.78, 5) is 40.7. The summed E-state index contributed by atoms with van der Waals surface area (Å²) >= 11 is 0. The quantitative estimate of drug-likeness (QED) is 0.303. The number of nitrogens with two attached hydrogens (primary N) is 1. The van der Waals surface area contributed by atoms with Gasteiger partial charge in [-0.2, -0.15) is 0 Å². The predicted octanol–water partition coefficient (Wildman–Crippen LogP) is -0.373. The highest BCUT2D eigenvalue weighted by molar-refractivity contribution is 6.25. The summed E-state index contributed by atoms with van der Waals surface area (Å²) in [5, 5.41) is 47.6. The molecule has 10 heteroatoms. The molecular formula is C25H33N3O7. The number of benzene rings is 1. The molecule has 1 amide bonds. The minimum atomic E-state index is -2.64. The highest BCUT2D eigenvalue weighted by Gasteiger charge is 2.67. The summed E-state index contributed by atoms with van der Waals surface area (Å²) in [5.41, 5.74) is 4.23. The van der Waals surface area contributed by atoms with E-state index in [-0.39, 0.29) is 29.3 Å². The van der Waals surface area contributed by atoms with Crippen molar-refractivity contribution in [3.05, 3.63) is 34.4 Å². The topological polar surface area (TPSA) is 173 Å². The number of rotatable bonds is 5. The first kappa shape index (κ1) is 25.3. The number of phenolic OH excluding ortho intramolecular Hbond substituents is 1. The van der Waals surface area contributed by atoms with Crippen LogP contribution in [0.3, 0.4) is 0 Å². The number of phenols is 1. The summed E-state index contributed by atoms with van der Waals surface area (Å²) in [6.07, 6.45) is -1.11. The number of carbonyl (C=O) groups excluding carboxylic acids is 3. The number of Topliss-reactive ketones (excluding diaryl/α,β-unsaturated/α-hetero) is 2. The van der Waals surface area contributed by atoms with Crippen LogP contribution in [-0.2, 0) is 27.3 Å². The monoisotopic (exact) mass is 487 g/mol. The molecule has 0 radical (unpaired) electrons. The second-order valence-electron chi connectivity index (χ2n) is 10.4.